The fourth-order valence-corrected chi connectivity index (χ4v) is 15.9. The third-order valence-corrected chi connectivity index (χ3v) is 21.0. The zero-order valence-electron chi connectivity index (χ0n) is 59.1. The monoisotopic (exact) mass is 1500 g/mol. The van der Waals surface area contributed by atoms with Gasteiger partial charge in [0.1, 0.15) is 77.2 Å². The van der Waals surface area contributed by atoms with E-state index in [-0.39, 0.29) is 104 Å². The minimum Gasteiger partial charge on any atom is -0.508 e. The molecule has 11 amide bonds. The van der Waals surface area contributed by atoms with Gasteiger partial charge in [-0.2, -0.15) is 0 Å². The average Bonchev–Trinajstić information content (AvgIpc) is 0.757. The molecular formula is C75H89Cl2N11O18. The number of hydrogen-bond acceptors (Lipinski definition) is 19. The van der Waals surface area contributed by atoms with Gasteiger partial charge in [0.2, 0.25) is 53.0 Å². The Balaban J connectivity index is 1.08. The number of amides is 11. The summed E-state index contributed by atoms with van der Waals surface area (Å²) in [5.41, 5.74) is -1.79. The number of aliphatic hydroxyl groups excluding tert-OH is 2. The number of likely N-dealkylation sites (N-methyl/N-ethyl adjacent to an activating group) is 1. The van der Waals surface area contributed by atoms with Crippen LogP contribution in [0, 0.1) is 29.6 Å². The molecular weight excluding hydrogens is 1410 g/mol. The van der Waals surface area contributed by atoms with Crippen LogP contribution in [0.2, 0.25) is 10.0 Å². The lowest BCUT2D eigenvalue weighted by atomic mass is 9.54. The molecule has 0 saturated heterocycles. The summed E-state index contributed by atoms with van der Waals surface area (Å²) in [5.74, 6) is -12.2. The smallest absolute Gasteiger partial charge is 0.412 e. The number of benzene rings is 5. The molecule has 15 bridgehead atoms. The first kappa shape index (κ1) is 77.2. The number of ether oxygens (including phenoxy) is 3. The van der Waals surface area contributed by atoms with Crippen LogP contribution in [-0.4, -0.2) is 135 Å². The number of phenols is 3. The first-order valence-electron chi connectivity index (χ1n) is 35.9. The predicted molar refractivity (Wildman–Crippen MR) is 385 cm³/mol. The maximum absolute atomic E-state index is 16.2. The van der Waals surface area contributed by atoms with Gasteiger partial charge in [-0.1, -0.05) is 94.3 Å². The van der Waals surface area contributed by atoms with Crippen LogP contribution in [0.4, 0.5) is 9.59 Å². The number of hydrogen-bond donors (Lipinski definition) is 16. The summed E-state index contributed by atoms with van der Waals surface area (Å²) in [7, 11) is 1.50. The van der Waals surface area contributed by atoms with Gasteiger partial charge in [-0.15, -0.1) is 0 Å². The lowest BCUT2D eigenvalue weighted by Gasteiger charge is -2.54. The maximum Gasteiger partial charge on any atom is 0.412 e. The van der Waals surface area contributed by atoms with Crippen LogP contribution in [-0.2, 0) is 38.4 Å². The van der Waals surface area contributed by atoms with Crippen molar-refractivity contribution in [2.45, 2.75) is 172 Å². The SMILES string of the molecule is CCCCCCCCNC(=O)NC(=O)C[C@@H]1NC(=O)[C@H](NC(=O)[C@@H](CC(C)C)NC)[C@H](O)c2ccc(c(Cl)c2)Oc2cc3cc(c2OC(=O)NCC)Oc2ccc(cc2Cl)[C@@H](O)[C@@H]2NC(=O)[C@H](NC(=O)[C@@H]3NC1=O)c1ccc(O)c(c1)-c1c(O)cc(O)cc1[C@@H](C(=O)NC1C3CC4CC(C3)CC1C4)NC2=O. The largest absolute Gasteiger partial charge is 0.508 e. The van der Waals surface area contributed by atoms with E-state index < -0.39 is 155 Å². The van der Waals surface area contributed by atoms with Gasteiger partial charge in [0.25, 0.3) is 0 Å². The van der Waals surface area contributed by atoms with Crippen molar-refractivity contribution in [3.05, 3.63) is 117 Å². The number of rotatable bonds is 18. The Kier molecular flexibility index (Phi) is 24.5. The minimum atomic E-state index is -2.26. The number of aliphatic hydroxyl groups is 2. The first-order valence-corrected chi connectivity index (χ1v) is 36.7. The third kappa shape index (κ3) is 17.6. The van der Waals surface area contributed by atoms with E-state index in [9.17, 15) is 44.7 Å². The quantitative estimate of drug-likeness (QED) is 0.0381. The fraction of sp³-hybridized carbons (Fsp3) is 0.467. The molecule has 31 heteroatoms. The molecule has 106 heavy (non-hydrogen) atoms. The Labute approximate surface area is 621 Å². The van der Waals surface area contributed by atoms with Crippen molar-refractivity contribution in [1.82, 2.24) is 58.5 Å². The van der Waals surface area contributed by atoms with Crippen LogP contribution in [0.15, 0.2) is 78.9 Å². The van der Waals surface area contributed by atoms with Crippen molar-refractivity contribution < 1.29 is 87.7 Å². The molecule has 5 aliphatic heterocycles. The Morgan fingerprint density at radius 3 is 1.84 bits per heavy atom. The van der Waals surface area contributed by atoms with Crippen LogP contribution in [0.3, 0.4) is 0 Å². The topological polar surface area (TPSA) is 432 Å². The van der Waals surface area contributed by atoms with Gasteiger partial charge in [-0.25, -0.2) is 9.59 Å². The van der Waals surface area contributed by atoms with Crippen molar-refractivity contribution >= 4 is 82.6 Å². The van der Waals surface area contributed by atoms with Crippen molar-refractivity contribution in [3.63, 3.8) is 0 Å². The summed E-state index contributed by atoms with van der Waals surface area (Å²) in [6, 6.07) is 0.198. The van der Waals surface area contributed by atoms with Gasteiger partial charge in [-0.05, 0) is 171 Å². The van der Waals surface area contributed by atoms with Crippen molar-refractivity contribution in [2.75, 3.05) is 20.1 Å². The molecule has 566 valence electrons. The number of phenolic OH excluding ortho intramolecular Hbond substituents is 3. The Morgan fingerprint density at radius 2 is 1.22 bits per heavy atom. The number of carbonyl (C=O) groups is 10. The summed E-state index contributed by atoms with van der Waals surface area (Å²) in [5, 5.41) is 88.5. The molecule has 0 radical (unpaired) electrons. The van der Waals surface area contributed by atoms with E-state index in [1.807, 2.05) is 13.8 Å². The molecule has 9 atom stereocenters. The second kappa shape index (κ2) is 33.7. The predicted octanol–water partition coefficient (Wildman–Crippen LogP) is 7.36. The molecule has 5 aromatic rings. The average molecular weight is 1500 g/mol. The molecule has 4 saturated carbocycles. The number of urea groups is 1. The number of halogens is 2. The van der Waals surface area contributed by atoms with Gasteiger partial charge >= 0.3 is 12.1 Å². The van der Waals surface area contributed by atoms with E-state index in [0.717, 1.165) is 94.5 Å². The number of imide groups is 1. The van der Waals surface area contributed by atoms with E-state index >= 15 is 28.8 Å². The van der Waals surface area contributed by atoms with Crippen LogP contribution in [0.1, 0.15) is 169 Å². The Morgan fingerprint density at radius 1 is 0.613 bits per heavy atom. The van der Waals surface area contributed by atoms with Gasteiger partial charge in [0.15, 0.2) is 11.5 Å². The molecule has 5 aromatic carbocycles. The highest BCUT2D eigenvalue weighted by atomic mass is 35.5. The first-order chi connectivity index (χ1) is 50.7. The maximum atomic E-state index is 16.2. The lowest BCUT2D eigenvalue weighted by molar-refractivity contribution is -0.138. The number of fused-ring (bicyclic) bond motifs is 15. The Hall–Kier alpha value is -9.94. The van der Waals surface area contributed by atoms with Gasteiger partial charge in [0, 0.05) is 36.3 Å². The van der Waals surface area contributed by atoms with Gasteiger partial charge in [-0.3, -0.25) is 43.7 Å². The highest BCUT2D eigenvalue weighted by Crippen LogP contribution is 2.55. The van der Waals surface area contributed by atoms with Crippen LogP contribution < -0.4 is 72.7 Å². The standard InChI is InChI=1S/C75H89Cl2N11O18/c1-6-8-9-10-11-12-19-80-74(102)82-56(92)33-49-68(96)84-60-42-29-54(104-52-17-14-38(27-46(52)76)64(93)62(72(100)81-49)87-67(95)48(78-5)20-34(3)4)66(106-75(103)79-7-2)55(30-42)105-53-18-15-39(28-47(53)77)65(94)63-73(101)86-61(71(99)83-58-40-22-35-21-36(24-40)25-41(58)23-35)45-31-43(89)32-51(91)57(45)44-26-37(13-16-50(44)90)59(69(97)88-63)85-70(60)98/h13-18,26-32,34-36,40-41,48-49,58-65,78,89-91,93-94H,6-12,19-25,33H2,1-5H3,(H,79,103)(H,81,100)(H,83,99)(H,84,96)(H,85,98)(H,86,101)(H,87,95)(H,88,97)(H2,80,82,92,102)/t35?,36?,40?,41?,48-,49+,58?,59-,60-,61+,62-,63+,64-,65-/m1/s1. The number of nitrogens with one attached hydrogen (secondary N) is 11. The van der Waals surface area contributed by atoms with Crippen LogP contribution in [0.25, 0.3) is 11.1 Å². The van der Waals surface area contributed by atoms with Crippen molar-refractivity contribution in [2.24, 2.45) is 29.6 Å². The zero-order chi connectivity index (χ0) is 75.9. The fourth-order valence-electron chi connectivity index (χ4n) is 15.4. The summed E-state index contributed by atoms with van der Waals surface area (Å²) < 4.78 is 18.9. The molecule has 16 N–H and O–H groups in total. The second-order valence-electron chi connectivity index (χ2n) is 28.5. The van der Waals surface area contributed by atoms with Crippen LogP contribution in [0.5, 0.6) is 46.0 Å². The molecule has 0 aromatic heterocycles. The molecule has 4 fully saturated rings. The highest BCUT2D eigenvalue weighted by Gasteiger charge is 2.50. The van der Waals surface area contributed by atoms with E-state index in [4.69, 9.17) is 37.4 Å². The van der Waals surface area contributed by atoms with Crippen LogP contribution >= 0.6 is 23.2 Å². The van der Waals surface area contributed by atoms with Gasteiger partial charge in [0.05, 0.1) is 22.5 Å². The summed E-state index contributed by atoms with van der Waals surface area (Å²) >= 11 is 14.1. The van der Waals surface area contributed by atoms with E-state index in [0.29, 0.717) is 18.3 Å². The van der Waals surface area contributed by atoms with Gasteiger partial charge < -0.3 is 92.9 Å². The van der Waals surface area contributed by atoms with E-state index in [1.165, 1.54) is 55.6 Å². The number of carbonyl (C=O) groups excluding carboxylic acids is 10. The molecule has 29 nitrogen and oxygen atoms in total. The second-order valence-corrected chi connectivity index (χ2v) is 29.3. The highest BCUT2D eigenvalue weighted by molar-refractivity contribution is 6.32. The molecule has 14 rings (SSSR count). The zero-order valence-corrected chi connectivity index (χ0v) is 60.6. The number of unbranched alkanes of at least 4 members (excludes halogenated alkanes) is 5. The Bertz CT molecular complexity index is 4210. The molecule has 0 unspecified atom stereocenters. The summed E-state index contributed by atoms with van der Waals surface area (Å²) in [6.45, 7) is 7.52. The summed E-state index contributed by atoms with van der Waals surface area (Å²) in [6.07, 6.45) is 3.73. The van der Waals surface area contributed by atoms with Crippen molar-refractivity contribution in [1.29, 1.82) is 0 Å². The normalized spacial score (nSPS) is 24.8. The molecule has 0 spiro atoms. The summed E-state index contributed by atoms with van der Waals surface area (Å²) in [4.78, 5) is 149. The minimum absolute atomic E-state index is 0.0145. The molecule has 9 aliphatic rings. The third-order valence-electron chi connectivity index (χ3n) is 20.4. The molecule has 5 heterocycles. The number of aromatic hydroxyl groups is 3. The molecule has 4 aliphatic carbocycles. The van der Waals surface area contributed by atoms with E-state index in [2.05, 4.69) is 65.4 Å². The van der Waals surface area contributed by atoms with E-state index in [1.54, 1.807) is 6.92 Å². The lowest BCUT2D eigenvalue weighted by Crippen LogP contribution is -2.59. The van der Waals surface area contributed by atoms with Crippen molar-refractivity contribution in [3.8, 4) is 57.1 Å².